The number of nitrogens with one attached hydrogen (secondary N) is 2. The van der Waals surface area contributed by atoms with Crippen LogP contribution >= 0.6 is 0 Å². The lowest BCUT2D eigenvalue weighted by Crippen LogP contribution is -2.32. The summed E-state index contributed by atoms with van der Waals surface area (Å²) in [5.41, 5.74) is 0.751. The van der Waals surface area contributed by atoms with Crippen LogP contribution in [0.4, 0.5) is 11.5 Å². The first-order valence-corrected chi connectivity index (χ1v) is 7.12. The van der Waals surface area contributed by atoms with Crippen molar-refractivity contribution in [3.05, 3.63) is 30.6 Å². The van der Waals surface area contributed by atoms with Gasteiger partial charge in [-0.2, -0.15) is 5.10 Å². The van der Waals surface area contributed by atoms with Gasteiger partial charge in [0.05, 0.1) is 25.2 Å². The first kappa shape index (κ1) is 15.8. The summed E-state index contributed by atoms with van der Waals surface area (Å²) in [4.78, 5) is 16.3. The van der Waals surface area contributed by atoms with Crippen molar-refractivity contribution >= 4 is 17.4 Å². The number of nitrogens with zero attached hydrogens (tertiary/aromatic N) is 3. The highest BCUT2D eigenvalue weighted by molar-refractivity contribution is 5.95. The molecule has 2 heterocycles. The summed E-state index contributed by atoms with van der Waals surface area (Å²) < 4.78 is 6.76. The average Bonchev–Trinajstić information content (AvgIpc) is 2.96. The predicted molar refractivity (Wildman–Crippen MR) is 85.1 cm³/mol. The Morgan fingerprint density at radius 1 is 1.27 bits per heavy atom. The maximum absolute atomic E-state index is 12.3. The maximum Gasteiger partial charge on any atom is 0.247 e. The number of methoxy groups -OCH3 is 1. The van der Waals surface area contributed by atoms with Crippen molar-refractivity contribution in [2.24, 2.45) is 0 Å². The zero-order valence-corrected chi connectivity index (χ0v) is 13.2. The fourth-order valence-electron chi connectivity index (χ4n) is 1.96. The molecule has 0 aliphatic carbocycles. The topological polar surface area (TPSA) is 81.1 Å². The van der Waals surface area contributed by atoms with E-state index < -0.39 is 6.04 Å². The van der Waals surface area contributed by atoms with Crippen molar-refractivity contribution in [1.82, 2.24) is 14.8 Å². The Kier molecular flexibility index (Phi) is 4.98. The molecular formula is C15H21N5O2. The van der Waals surface area contributed by atoms with Crippen molar-refractivity contribution in [2.75, 3.05) is 17.7 Å². The number of hydrogen-bond donors (Lipinski definition) is 2. The smallest absolute Gasteiger partial charge is 0.247 e. The SMILES string of the molecule is COc1ccc(N[C@@H](C)C(=O)Nc2ccnn2C(C)C)cn1. The third-order valence-corrected chi connectivity index (χ3v) is 3.13. The van der Waals surface area contributed by atoms with E-state index in [9.17, 15) is 4.79 Å². The van der Waals surface area contributed by atoms with Crippen LogP contribution in [-0.4, -0.2) is 33.8 Å². The number of carbonyl (C=O) groups is 1. The van der Waals surface area contributed by atoms with Crippen molar-refractivity contribution in [2.45, 2.75) is 32.9 Å². The van der Waals surface area contributed by atoms with E-state index in [1.165, 1.54) is 0 Å². The first-order valence-electron chi connectivity index (χ1n) is 7.12. The minimum Gasteiger partial charge on any atom is -0.481 e. The predicted octanol–water partition coefficient (Wildman–Crippen LogP) is 2.31. The molecule has 0 saturated carbocycles. The van der Waals surface area contributed by atoms with E-state index in [0.29, 0.717) is 11.7 Å². The van der Waals surface area contributed by atoms with E-state index in [2.05, 4.69) is 20.7 Å². The van der Waals surface area contributed by atoms with Crippen LogP contribution < -0.4 is 15.4 Å². The molecule has 2 aromatic rings. The van der Waals surface area contributed by atoms with E-state index in [1.807, 2.05) is 19.9 Å². The minimum atomic E-state index is -0.411. The van der Waals surface area contributed by atoms with Crippen molar-refractivity contribution in [3.63, 3.8) is 0 Å². The second-order valence-electron chi connectivity index (χ2n) is 5.20. The van der Waals surface area contributed by atoms with Gasteiger partial charge in [-0.05, 0) is 26.8 Å². The maximum atomic E-state index is 12.3. The summed E-state index contributed by atoms with van der Waals surface area (Å²) in [5, 5.41) is 10.2. The van der Waals surface area contributed by atoms with Crippen LogP contribution in [-0.2, 0) is 4.79 Å². The molecule has 0 fully saturated rings. The Morgan fingerprint density at radius 3 is 2.64 bits per heavy atom. The van der Waals surface area contributed by atoms with Crippen LogP contribution in [0.15, 0.2) is 30.6 Å². The summed E-state index contributed by atoms with van der Waals surface area (Å²) in [7, 11) is 1.56. The van der Waals surface area contributed by atoms with E-state index in [4.69, 9.17) is 4.74 Å². The lowest BCUT2D eigenvalue weighted by atomic mass is 10.3. The van der Waals surface area contributed by atoms with Gasteiger partial charge >= 0.3 is 0 Å². The zero-order valence-electron chi connectivity index (χ0n) is 13.2. The van der Waals surface area contributed by atoms with Crippen molar-refractivity contribution in [1.29, 1.82) is 0 Å². The molecule has 0 radical (unpaired) electrons. The number of amides is 1. The molecule has 0 aliphatic rings. The van der Waals surface area contributed by atoms with Crippen LogP contribution in [0.2, 0.25) is 0 Å². The summed E-state index contributed by atoms with van der Waals surface area (Å²) in [6.45, 7) is 5.80. The summed E-state index contributed by atoms with van der Waals surface area (Å²) in [5.74, 6) is 1.07. The molecule has 1 atom stereocenters. The third kappa shape index (κ3) is 3.75. The standard InChI is InChI=1S/C15H21N5O2/c1-10(2)20-13(7-8-17-20)19-15(21)11(3)18-12-5-6-14(22-4)16-9-12/h5-11,18H,1-4H3,(H,19,21)/t11-/m0/s1. The molecule has 7 heteroatoms. The summed E-state index contributed by atoms with van der Waals surface area (Å²) in [6.07, 6.45) is 3.29. The lowest BCUT2D eigenvalue weighted by Gasteiger charge is -2.17. The number of rotatable bonds is 6. The fourth-order valence-corrected chi connectivity index (χ4v) is 1.96. The molecule has 0 unspecified atom stereocenters. The molecular weight excluding hydrogens is 282 g/mol. The number of hydrogen-bond acceptors (Lipinski definition) is 5. The number of aromatic nitrogens is 3. The van der Waals surface area contributed by atoms with Gasteiger partial charge in [-0.3, -0.25) is 4.79 Å². The van der Waals surface area contributed by atoms with Crippen molar-refractivity contribution < 1.29 is 9.53 Å². The Labute approximate surface area is 129 Å². The monoisotopic (exact) mass is 303 g/mol. The van der Waals surface area contributed by atoms with Crippen LogP contribution in [0.25, 0.3) is 0 Å². The number of ether oxygens (including phenoxy) is 1. The normalized spacial score (nSPS) is 12.0. The Bertz CT molecular complexity index is 621. The van der Waals surface area contributed by atoms with Gasteiger partial charge in [0.1, 0.15) is 11.9 Å². The van der Waals surface area contributed by atoms with Gasteiger partial charge in [-0.25, -0.2) is 9.67 Å². The van der Waals surface area contributed by atoms with Crippen LogP contribution in [0.1, 0.15) is 26.8 Å². The Morgan fingerprint density at radius 2 is 2.05 bits per heavy atom. The highest BCUT2D eigenvalue weighted by atomic mass is 16.5. The molecule has 118 valence electrons. The van der Waals surface area contributed by atoms with Crippen LogP contribution in [0, 0.1) is 0 Å². The largest absolute Gasteiger partial charge is 0.481 e. The molecule has 7 nitrogen and oxygen atoms in total. The minimum absolute atomic E-state index is 0.141. The highest BCUT2D eigenvalue weighted by Gasteiger charge is 2.15. The summed E-state index contributed by atoms with van der Waals surface area (Å²) in [6, 6.07) is 5.10. The molecule has 2 N–H and O–H groups in total. The first-order chi connectivity index (χ1) is 10.5. The quantitative estimate of drug-likeness (QED) is 0.856. The fraction of sp³-hybridized carbons (Fsp3) is 0.400. The molecule has 1 amide bonds. The van der Waals surface area contributed by atoms with Gasteiger partial charge in [-0.1, -0.05) is 0 Å². The molecule has 0 aromatic carbocycles. The average molecular weight is 303 g/mol. The van der Waals surface area contributed by atoms with Gasteiger partial charge in [0, 0.05) is 18.2 Å². The Hall–Kier alpha value is -2.57. The molecule has 0 bridgehead atoms. The van der Waals surface area contributed by atoms with Crippen molar-refractivity contribution in [3.8, 4) is 5.88 Å². The summed E-state index contributed by atoms with van der Waals surface area (Å²) >= 11 is 0. The zero-order chi connectivity index (χ0) is 16.1. The molecule has 22 heavy (non-hydrogen) atoms. The van der Waals surface area contributed by atoms with E-state index in [0.717, 1.165) is 5.69 Å². The van der Waals surface area contributed by atoms with E-state index >= 15 is 0 Å². The molecule has 0 saturated heterocycles. The van der Waals surface area contributed by atoms with Crippen LogP contribution in [0.5, 0.6) is 5.88 Å². The number of carbonyl (C=O) groups excluding carboxylic acids is 1. The van der Waals surface area contributed by atoms with Gasteiger partial charge < -0.3 is 15.4 Å². The number of anilines is 2. The highest BCUT2D eigenvalue weighted by Crippen LogP contribution is 2.15. The molecule has 2 rings (SSSR count). The van der Waals surface area contributed by atoms with Crippen LogP contribution in [0.3, 0.4) is 0 Å². The second-order valence-corrected chi connectivity index (χ2v) is 5.20. The second kappa shape index (κ2) is 6.93. The van der Waals surface area contributed by atoms with Gasteiger partial charge in [0.25, 0.3) is 0 Å². The lowest BCUT2D eigenvalue weighted by molar-refractivity contribution is -0.116. The van der Waals surface area contributed by atoms with Gasteiger partial charge in [-0.15, -0.1) is 0 Å². The molecule has 0 aliphatic heterocycles. The third-order valence-electron chi connectivity index (χ3n) is 3.13. The van der Waals surface area contributed by atoms with Gasteiger partial charge in [0.15, 0.2) is 0 Å². The molecule has 2 aromatic heterocycles. The Balaban J connectivity index is 1.98. The molecule has 0 spiro atoms. The van der Waals surface area contributed by atoms with E-state index in [-0.39, 0.29) is 11.9 Å². The van der Waals surface area contributed by atoms with Gasteiger partial charge in [0.2, 0.25) is 11.8 Å². The number of pyridine rings is 1. The van der Waals surface area contributed by atoms with E-state index in [1.54, 1.807) is 43.2 Å².